The van der Waals surface area contributed by atoms with E-state index in [2.05, 4.69) is 38.2 Å². The molecular weight excluding hydrogens is 1120 g/mol. The zero-order valence-electron chi connectivity index (χ0n) is 59.5. The minimum Gasteiger partial charge on any atom is -0.454 e. The van der Waals surface area contributed by atoms with E-state index < -0.39 is 67.4 Å². The molecule has 11 heteroatoms. The molecule has 0 aliphatic carbocycles. The maximum absolute atomic E-state index is 13.5. The number of allylic oxidation sites excluding steroid dienone is 3. The SMILES string of the molecule is CCCCCCCC/C=C/CCCCCCCCCCCCCCCC(=O)OC1C(OCC(NC(=O)C(O)CCCCCCCCCCCCCCCCCCCCCCCCCCCC)C(O)/C=C/CCCCCCCCCCCC)OC(CO)C(O)C1O. The molecule has 1 aliphatic heterocycles. The molecule has 0 bridgehead atoms. The Morgan fingerprint density at radius 2 is 0.733 bits per heavy atom. The van der Waals surface area contributed by atoms with E-state index in [1.54, 1.807) is 6.08 Å². The average molecular weight is 1280 g/mol. The van der Waals surface area contributed by atoms with Gasteiger partial charge in [-0.25, -0.2) is 0 Å². The molecule has 1 saturated heterocycles. The van der Waals surface area contributed by atoms with Crippen LogP contribution in [0.15, 0.2) is 24.3 Å². The highest BCUT2D eigenvalue weighted by molar-refractivity contribution is 5.80. The smallest absolute Gasteiger partial charge is 0.306 e. The second kappa shape index (κ2) is 67.1. The molecule has 0 spiro atoms. The summed E-state index contributed by atoms with van der Waals surface area (Å²) in [6.45, 7) is 5.87. The summed E-state index contributed by atoms with van der Waals surface area (Å²) in [5.74, 6) is -1.17. The maximum atomic E-state index is 13.5. The van der Waals surface area contributed by atoms with Gasteiger partial charge >= 0.3 is 5.97 Å². The van der Waals surface area contributed by atoms with Gasteiger partial charge in [-0.3, -0.25) is 9.59 Å². The molecule has 0 radical (unpaired) electrons. The van der Waals surface area contributed by atoms with E-state index in [-0.39, 0.29) is 13.0 Å². The average Bonchev–Trinajstić information content (AvgIpc) is 3.11. The fraction of sp³-hybridized carbons (Fsp3) is 0.924. The monoisotopic (exact) mass is 1270 g/mol. The van der Waals surface area contributed by atoms with Crippen molar-refractivity contribution in [1.29, 1.82) is 0 Å². The zero-order chi connectivity index (χ0) is 65.3. The van der Waals surface area contributed by atoms with Gasteiger partial charge in [-0.05, 0) is 51.4 Å². The van der Waals surface area contributed by atoms with Gasteiger partial charge in [-0.1, -0.05) is 373 Å². The second-order valence-electron chi connectivity index (χ2n) is 27.8. The van der Waals surface area contributed by atoms with Crippen LogP contribution < -0.4 is 5.32 Å². The lowest BCUT2D eigenvalue weighted by Gasteiger charge is -2.41. The highest BCUT2D eigenvalue weighted by Gasteiger charge is 2.47. The number of hydrogen-bond acceptors (Lipinski definition) is 10. The molecule has 90 heavy (non-hydrogen) atoms. The third-order valence-electron chi connectivity index (χ3n) is 19.1. The molecule has 8 atom stereocenters. The number of hydrogen-bond donors (Lipinski definition) is 6. The molecule has 11 nitrogen and oxygen atoms in total. The quantitative estimate of drug-likeness (QED) is 0.0195. The third kappa shape index (κ3) is 53.4. The molecular formula is C79H151NO10. The largest absolute Gasteiger partial charge is 0.454 e. The number of nitrogens with one attached hydrogen (secondary N) is 1. The number of aliphatic hydroxyl groups is 5. The van der Waals surface area contributed by atoms with Crippen LogP contribution in [0.1, 0.15) is 406 Å². The first-order chi connectivity index (χ1) is 44.2. The molecule has 0 aromatic rings. The lowest BCUT2D eigenvalue weighted by Crippen LogP contribution is -2.61. The Balaban J connectivity index is 2.49. The molecule has 1 heterocycles. The van der Waals surface area contributed by atoms with E-state index in [9.17, 15) is 35.1 Å². The number of carbonyl (C=O) groups excluding carboxylic acids is 2. The van der Waals surface area contributed by atoms with Gasteiger partial charge in [-0.15, -0.1) is 0 Å². The number of aliphatic hydroxyl groups excluding tert-OH is 5. The van der Waals surface area contributed by atoms with Crippen molar-refractivity contribution in [2.24, 2.45) is 0 Å². The first kappa shape index (κ1) is 86.2. The van der Waals surface area contributed by atoms with E-state index in [0.717, 1.165) is 57.8 Å². The summed E-state index contributed by atoms with van der Waals surface area (Å²) in [5.41, 5.74) is 0. The zero-order valence-corrected chi connectivity index (χ0v) is 59.5. The van der Waals surface area contributed by atoms with Crippen molar-refractivity contribution >= 4 is 11.9 Å². The van der Waals surface area contributed by atoms with Crippen molar-refractivity contribution in [2.75, 3.05) is 13.2 Å². The van der Waals surface area contributed by atoms with Gasteiger partial charge in [0.15, 0.2) is 12.4 Å². The minimum absolute atomic E-state index is 0.129. The second-order valence-corrected chi connectivity index (χ2v) is 27.8. The summed E-state index contributed by atoms with van der Waals surface area (Å²) in [6.07, 6.45) is 72.4. The molecule has 0 aromatic heterocycles. The summed E-state index contributed by atoms with van der Waals surface area (Å²) in [5, 5.41) is 57.4. The van der Waals surface area contributed by atoms with Crippen LogP contribution in [0.5, 0.6) is 0 Å². The van der Waals surface area contributed by atoms with Crippen LogP contribution in [0.3, 0.4) is 0 Å². The van der Waals surface area contributed by atoms with Crippen LogP contribution in [0.25, 0.3) is 0 Å². The van der Waals surface area contributed by atoms with Crippen molar-refractivity contribution in [3.8, 4) is 0 Å². The van der Waals surface area contributed by atoms with E-state index >= 15 is 0 Å². The number of amides is 1. The molecule has 1 amide bonds. The molecule has 0 aromatic carbocycles. The Kier molecular flexibility index (Phi) is 64.3. The van der Waals surface area contributed by atoms with Crippen molar-refractivity contribution in [3.05, 3.63) is 24.3 Å². The van der Waals surface area contributed by atoms with Crippen LogP contribution >= 0.6 is 0 Å². The highest BCUT2D eigenvalue weighted by Crippen LogP contribution is 2.27. The first-order valence-corrected chi connectivity index (χ1v) is 39.6. The predicted molar refractivity (Wildman–Crippen MR) is 380 cm³/mol. The van der Waals surface area contributed by atoms with E-state index in [1.165, 1.54) is 302 Å². The van der Waals surface area contributed by atoms with Crippen molar-refractivity contribution in [2.45, 2.75) is 455 Å². The van der Waals surface area contributed by atoms with Gasteiger partial charge in [0.2, 0.25) is 5.91 Å². The van der Waals surface area contributed by atoms with Crippen molar-refractivity contribution in [1.82, 2.24) is 5.32 Å². The molecule has 6 N–H and O–H groups in total. The Morgan fingerprint density at radius 3 is 1.08 bits per heavy atom. The lowest BCUT2D eigenvalue weighted by molar-refractivity contribution is -0.305. The van der Waals surface area contributed by atoms with E-state index in [4.69, 9.17) is 14.2 Å². The fourth-order valence-corrected chi connectivity index (χ4v) is 12.9. The fourth-order valence-electron chi connectivity index (χ4n) is 12.9. The van der Waals surface area contributed by atoms with Crippen LogP contribution in [0.2, 0.25) is 0 Å². The molecule has 532 valence electrons. The topological polar surface area (TPSA) is 175 Å². The van der Waals surface area contributed by atoms with Gasteiger partial charge in [-0.2, -0.15) is 0 Å². The Bertz CT molecular complexity index is 1560. The van der Waals surface area contributed by atoms with Gasteiger partial charge in [0.25, 0.3) is 0 Å². The third-order valence-corrected chi connectivity index (χ3v) is 19.1. The molecule has 1 rings (SSSR count). The standard InChI is InChI=1S/C79H151NO10/c1-4-7-10-13-16-19-22-25-27-29-31-33-35-36-37-39-40-42-44-46-48-51-54-57-60-63-66-72(83)78(87)80-70(71(82)65-62-59-56-53-50-24-21-18-15-12-9-6-3)69-88-79-77(76(86)75(85)73(68-81)89-79)90-74(84)67-64-61-58-55-52-49-47-45-43-41-38-34-32-30-28-26-23-20-17-14-11-8-5-2/h26,28,62,65,70-73,75-77,79,81-83,85-86H,4-25,27,29-61,63-64,66-69H2,1-3H3,(H,80,87)/b28-26+,65-62+. The summed E-state index contributed by atoms with van der Waals surface area (Å²) in [4.78, 5) is 26.8. The van der Waals surface area contributed by atoms with Gasteiger partial charge < -0.3 is 45.1 Å². The van der Waals surface area contributed by atoms with Gasteiger partial charge in [0.1, 0.15) is 24.4 Å². The van der Waals surface area contributed by atoms with Crippen LogP contribution in [0.4, 0.5) is 0 Å². The lowest BCUT2D eigenvalue weighted by atomic mass is 9.99. The van der Waals surface area contributed by atoms with Crippen LogP contribution in [-0.2, 0) is 23.8 Å². The number of esters is 1. The first-order valence-electron chi connectivity index (χ1n) is 39.6. The van der Waals surface area contributed by atoms with Crippen LogP contribution in [0, 0.1) is 0 Å². The van der Waals surface area contributed by atoms with Gasteiger partial charge in [0.05, 0.1) is 25.4 Å². The predicted octanol–water partition coefficient (Wildman–Crippen LogP) is 21.1. The Hall–Kier alpha value is -1.86. The Morgan fingerprint density at radius 1 is 0.422 bits per heavy atom. The van der Waals surface area contributed by atoms with Crippen LogP contribution in [-0.4, -0.2) is 99.6 Å². The number of rotatable bonds is 70. The number of ether oxygens (including phenoxy) is 3. The summed E-state index contributed by atoms with van der Waals surface area (Å²) < 4.78 is 17.8. The summed E-state index contributed by atoms with van der Waals surface area (Å²) in [6, 6.07) is -1.02. The molecule has 1 fully saturated rings. The Labute approximate surface area is 556 Å². The minimum atomic E-state index is -1.61. The number of unbranched alkanes of at least 4 members (excludes halogenated alkanes) is 54. The molecule has 1 aliphatic rings. The number of carbonyl (C=O) groups is 2. The van der Waals surface area contributed by atoms with Crippen molar-refractivity contribution in [3.63, 3.8) is 0 Å². The maximum Gasteiger partial charge on any atom is 0.306 e. The summed E-state index contributed by atoms with van der Waals surface area (Å²) in [7, 11) is 0. The molecule has 0 saturated carbocycles. The normalized spacial score (nSPS) is 18.1. The highest BCUT2D eigenvalue weighted by atomic mass is 16.7. The van der Waals surface area contributed by atoms with Crippen molar-refractivity contribution < 1.29 is 49.3 Å². The molecule has 8 unspecified atom stereocenters. The van der Waals surface area contributed by atoms with E-state index in [0.29, 0.717) is 19.3 Å². The van der Waals surface area contributed by atoms with E-state index in [1.807, 2.05) is 6.08 Å². The summed E-state index contributed by atoms with van der Waals surface area (Å²) >= 11 is 0. The van der Waals surface area contributed by atoms with Gasteiger partial charge in [0, 0.05) is 6.42 Å².